The molecule has 2 saturated heterocycles. The third kappa shape index (κ3) is 5.70. The zero-order valence-corrected chi connectivity index (χ0v) is 20.1. The first-order valence-electron chi connectivity index (χ1n) is 11.3. The third-order valence-corrected chi connectivity index (χ3v) is 8.51. The van der Waals surface area contributed by atoms with Crippen LogP contribution in [0.3, 0.4) is 0 Å². The highest BCUT2D eigenvalue weighted by atomic mass is 32.2. The van der Waals surface area contributed by atoms with Gasteiger partial charge in [0.05, 0.1) is 9.82 Å². The fraction of sp³-hybridized carbons (Fsp3) is 0.636. The van der Waals surface area contributed by atoms with Crippen LogP contribution in [0, 0.1) is 28.9 Å². The van der Waals surface area contributed by atoms with Crippen LogP contribution >= 0.6 is 0 Å². The molecule has 0 radical (unpaired) electrons. The summed E-state index contributed by atoms with van der Waals surface area (Å²) in [4.78, 5) is 37.1. The van der Waals surface area contributed by atoms with E-state index in [2.05, 4.69) is 5.32 Å². The van der Waals surface area contributed by atoms with Gasteiger partial charge in [-0.15, -0.1) is 0 Å². The Kier molecular flexibility index (Phi) is 7.73. The van der Waals surface area contributed by atoms with Crippen LogP contribution in [0.5, 0.6) is 0 Å². The normalized spacial score (nSPS) is 19.0. The highest BCUT2D eigenvalue weighted by Gasteiger charge is 2.34. The van der Waals surface area contributed by atoms with E-state index in [1.54, 1.807) is 6.92 Å². The van der Waals surface area contributed by atoms with Crippen LogP contribution in [-0.2, 0) is 19.6 Å². The summed E-state index contributed by atoms with van der Waals surface area (Å²) in [5.74, 6) is -0.263. The van der Waals surface area contributed by atoms with Crippen LogP contribution < -0.4 is 5.32 Å². The van der Waals surface area contributed by atoms with E-state index in [4.69, 9.17) is 0 Å². The standard InChI is InChI=1S/C22H32N4O6S/c1-15(2)22(28)24-10-8-18(9-11-24)23-21(27)17-6-12-25(13-7-17)33(31,32)20-14-19(26(29)30)5-4-16(20)3/h4-5,14-15,17-18H,6-13H2,1-3H3,(H,23,27). The molecule has 0 bridgehead atoms. The Labute approximate surface area is 194 Å². The molecule has 1 aromatic rings. The molecule has 10 nitrogen and oxygen atoms in total. The van der Waals surface area contributed by atoms with Crippen LogP contribution in [0.25, 0.3) is 0 Å². The molecule has 2 amide bonds. The van der Waals surface area contributed by atoms with Crippen molar-refractivity contribution in [1.82, 2.24) is 14.5 Å². The van der Waals surface area contributed by atoms with Gasteiger partial charge >= 0.3 is 0 Å². The minimum Gasteiger partial charge on any atom is -0.353 e. The van der Waals surface area contributed by atoms with Crippen molar-refractivity contribution >= 4 is 27.5 Å². The van der Waals surface area contributed by atoms with E-state index in [9.17, 15) is 28.1 Å². The van der Waals surface area contributed by atoms with Gasteiger partial charge in [0, 0.05) is 56.2 Å². The van der Waals surface area contributed by atoms with E-state index in [-0.39, 0.29) is 53.4 Å². The number of nitrogens with zero attached hydrogens (tertiary/aromatic N) is 3. The number of hydrogen-bond donors (Lipinski definition) is 1. The van der Waals surface area contributed by atoms with Crippen molar-refractivity contribution in [2.45, 2.75) is 57.4 Å². The average Bonchev–Trinajstić information content (AvgIpc) is 2.79. The summed E-state index contributed by atoms with van der Waals surface area (Å²) in [5.41, 5.74) is 0.178. The van der Waals surface area contributed by atoms with Gasteiger partial charge in [0.15, 0.2) is 0 Å². The Morgan fingerprint density at radius 3 is 2.24 bits per heavy atom. The second kappa shape index (κ2) is 10.2. The molecular formula is C22H32N4O6S. The minimum absolute atomic E-state index is 0.0167. The number of carbonyl (C=O) groups is 2. The van der Waals surface area contributed by atoms with Gasteiger partial charge in [0.1, 0.15) is 0 Å². The molecule has 33 heavy (non-hydrogen) atoms. The lowest BCUT2D eigenvalue weighted by molar-refractivity contribution is -0.385. The highest BCUT2D eigenvalue weighted by Crippen LogP contribution is 2.28. The van der Waals surface area contributed by atoms with Crippen LogP contribution in [0.15, 0.2) is 23.1 Å². The number of sulfonamides is 1. The molecule has 0 atom stereocenters. The monoisotopic (exact) mass is 480 g/mol. The number of likely N-dealkylation sites (tertiary alicyclic amines) is 1. The molecule has 0 aliphatic carbocycles. The summed E-state index contributed by atoms with van der Waals surface area (Å²) in [6.45, 7) is 6.99. The number of piperidine rings is 2. The summed E-state index contributed by atoms with van der Waals surface area (Å²) in [7, 11) is -3.89. The van der Waals surface area contributed by atoms with Crippen molar-refractivity contribution in [3.05, 3.63) is 33.9 Å². The topological polar surface area (TPSA) is 130 Å². The van der Waals surface area contributed by atoms with Crippen molar-refractivity contribution in [1.29, 1.82) is 0 Å². The molecule has 1 N–H and O–H groups in total. The molecule has 1 aromatic carbocycles. The number of non-ortho nitro benzene ring substituents is 1. The summed E-state index contributed by atoms with van der Waals surface area (Å²) >= 11 is 0. The lowest BCUT2D eigenvalue weighted by Gasteiger charge is -2.35. The van der Waals surface area contributed by atoms with Crippen molar-refractivity contribution in [3.8, 4) is 0 Å². The molecule has 0 aromatic heterocycles. The first-order valence-corrected chi connectivity index (χ1v) is 12.8. The molecule has 2 aliphatic heterocycles. The Balaban J connectivity index is 1.55. The molecular weight excluding hydrogens is 448 g/mol. The van der Waals surface area contributed by atoms with Gasteiger partial charge in [-0.3, -0.25) is 19.7 Å². The number of benzene rings is 1. The fourth-order valence-corrected chi connectivity index (χ4v) is 6.12. The van der Waals surface area contributed by atoms with E-state index < -0.39 is 14.9 Å². The van der Waals surface area contributed by atoms with Crippen molar-refractivity contribution < 1.29 is 22.9 Å². The molecule has 3 rings (SSSR count). The van der Waals surface area contributed by atoms with Gasteiger partial charge in [-0.25, -0.2) is 8.42 Å². The molecule has 0 unspecified atom stereocenters. The van der Waals surface area contributed by atoms with Crippen LogP contribution in [-0.4, -0.2) is 66.6 Å². The third-order valence-electron chi connectivity index (χ3n) is 6.47. The zero-order chi connectivity index (χ0) is 24.3. The molecule has 0 spiro atoms. The largest absolute Gasteiger partial charge is 0.353 e. The maximum atomic E-state index is 13.1. The average molecular weight is 481 g/mol. The second-order valence-electron chi connectivity index (χ2n) is 9.15. The van der Waals surface area contributed by atoms with E-state index in [0.717, 1.165) is 6.07 Å². The van der Waals surface area contributed by atoms with Gasteiger partial charge in [0.25, 0.3) is 5.69 Å². The number of carbonyl (C=O) groups excluding carboxylic acids is 2. The summed E-state index contributed by atoms with van der Waals surface area (Å²) in [6, 6.07) is 3.84. The number of nitrogens with one attached hydrogen (secondary N) is 1. The smallest absolute Gasteiger partial charge is 0.270 e. The van der Waals surface area contributed by atoms with E-state index in [1.807, 2.05) is 18.7 Å². The molecule has 182 valence electrons. The van der Waals surface area contributed by atoms with Crippen LogP contribution in [0.2, 0.25) is 0 Å². The SMILES string of the molecule is Cc1ccc([N+](=O)[O-])cc1S(=O)(=O)N1CCC(C(=O)NC2CCN(C(=O)C(C)C)CC2)CC1. The predicted octanol–water partition coefficient (Wildman–Crippen LogP) is 2.07. The number of nitro groups is 1. The summed E-state index contributed by atoms with van der Waals surface area (Å²) in [5, 5.41) is 14.1. The first kappa shape index (κ1) is 25.1. The minimum atomic E-state index is -3.89. The molecule has 11 heteroatoms. The number of aryl methyl sites for hydroxylation is 1. The molecule has 2 fully saturated rings. The number of nitro benzene ring substituents is 1. The molecule has 0 saturated carbocycles. The van der Waals surface area contributed by atoms with E-state index >= 15 is 0 Å². The van der Waals surface area contributed by atoms with Gasteiger partial charge < -0.3 is 10.2 Å². The van der Waals surface area contributed by atoms with Crippen LogP contribution in [0.4, 0.5) is 5.69 Å². The van der Waals surface area contributed by atoms with Gasteiger partial charge in [-0.1, -0.05) is 19.9 Å². The molecule has 2 heterocycles. The number of rotatable bonds is 6. The lowest BCUT2D eigenvalue weighted by Crippen LogP contribution is -2.50. The Morgan fingerprint density at radius 1 is 1.09 bits per heavy atom. The predicted molar refractivity (Wildman–Crippen MR) is 122 cm³/mol. The Morgan fingerprint density at radius 2 is 1.70 bits per heavy atom. The maximum Gasteiger partial charge on any atom is 0.270 e. The molecule has 2 aliphatic rings. The number of hydrogen-bond acceptors (Lipinski definition) is 6. The zero-order valence-electron chi connectivity index (χ0n) is 19.3. The van der Waals surface area contributed by atoms with Crippen molar-refractivity contribution in [2.24, 2.45) is 11.8 Å². The van der Waals surface area contributed by atoms with Crippen molar-refractivity contribution in [2.75, 3.05) is 26.2 Å². The summed E-state index contributed by atoms with van der Waals surface area (Å²) < 4.78 is 27.5. The van der Waals surface area contributed by atoms with Gasteiger partial charge in [-0.05, 0) is 38.2 Å². The second-order valence-corrected chi connectivity index (χ2v) is 11.1. The van der Waals surface area contributed by atoms with Gasteiger partial charge in [-0.2, -0.15) is 4.31 Å². The van der Waals surface area contributed by atoms with Crippen molar-refractivity contribution in [3.63, 3.8) is 0 Å². The van der Waals surface area contributed by atoms with Gasteiger partial charge in [0.2, 0.25) is 21.8 Å². The Bertz CT molecular complexity index is 1010. The van der Waals surface area contributed by atoms with Crippen LogP contribution in [0.1, 0.15) is 45.1 Å². The quantitative estimate of drug-likeness (QED) is 0.490. The lowest BCUT2D eigenvalue weighted by atomic mass is 9.95. The fourth-order valence-electron chi connectivity index (χ4n) is 4.41. The highest BCUT2D eigenvalue weighted by molar-refractivity contribution is 7.89. The Hall–Kier alpha value is -2.53. The number of amides is 2. The first-order chi connectivity index (χ1) is 15.5. The maximum absolute atomic E-state index is 13.1. The summed E-state index contributed by atoms with van der Waals surface area (Å²) in [6.07, 6.45) is 2.21. The van der Waals surface area contributed by atoms with E-state index in [0.29, 0.717) is 44.3 Å². The van der Waals surface area contributed by atoms with E-state index in [1.165, 1.54) is 16.4 Å².